The van der Waals surface area contributed by atoms with Gasteiger partial charge in [0.15, 0.2) is 0 Å². The minimum Gasteiger partial charge on any atom is -0.352 e. The van der Waals surface area contributed by atoms with Gasteiger partial charge in [-0.25, -0.2) is 17.2 Å². The molecular formula is C21H18F2N4O3S. The molecule has 0 unspecified atom stereocenters. The predicted octanol–water partition coefficient (Wildman–Crippen LogP) is 2.57. The first kappa shape index (κ1) is 20.9. The number of benzene rings is 2. The van der Waals surface area contributed by atoms with E-state index in [1.165, 1.54) is 12.3 Å². The van der Waals surface area contributed by atoms with Gasteiger partial charge in [0.1, 0.15) is 16.5 Å². The van der Waals surface area contributed by atoms with Gasteiger partial charge in [-0.05, 0) is 23.3 Å². The zero-order chi connectivity index (χ0) is 22.2. The van der Waals surface area contributed by atoms with Gasteiger partial charge in [-0.15, -0.1) is 0 Å². The third kappa shape index (κ3) is 4.12. The number of nitrogens with one attached hydrogen (secondary N) is 2. The number of carbonyl (C=O) groups excluding carboxylic acids is 1. The van der Waals surface area contributed by atoms with Crippen molar-refractivity contribution in [2.24, 2.45) is 5.73 Å². The SMILES string of the molecule is NCc1ccc(-c2cc(F)cc(F)c2S(=O)(=O)Nc2cnc3c(c2)C(=O)NCC3)cc1. The zero-order valence-corrected chi connectivity index (χ0v) is 17.0. The van der Waals surface area contributed by atoms with E-state index < -0.39 is 26.6 Å². The summed E-state index contributed by atoms with van der Waals surface area (Å²) in [5.41, 5.74) is 7.28. The monoisotopic (exact) mass is 444 g/mol. The van der Waals surface area contributed by atoms with Gasteiger partial charge in [-0.3, -0.25) is 14.5 Å². The Labute approximate surface area is 177 Å². The quantitative estimate of drug-likeness (QED) is 0.560. The van der Waals surface area contributed by atoms with E-state index in [0.717, 1.165) is 11.6 Å². The van der Waals surface area contributed by atoms with E-state index >= 15 is 0 Å². The zero-order valence-electron chi connectivity index (χ0n) is 16.2. The molecule has 1 aliphatic heterocycles. The van der Waals surface area contributed by atoms with Crippen molar-refractivity contribution in [1.82, 2.24) is 10.3 Å². The second kappa shape index (κ2) is 8.05. The molecular weight excluding hydrogens is 426 g/mol. The van der Waals surface area contributed by atoms with E-state index in [0.29, 0.717) is 30.3 Å². The van der Waals surface area contributed by atoms with Crippen LogP contribution < -0.4 is 15.8 Å². The van der Waals surface area contributed by atoms with Crippen LogP contribution in [0.5, 0.6) is 0 Å². The molecule has 0 saturated carbocycles. The number of hydrogen-bond acceptors (Lipinski definition) is 5. The third-order valence-electron chi connectivity index (χ3n) is 4.89. The minimum absolute atomic E-state index is 0.0102. The maximum atomic E-state index is 14.7. The molecule has 0 spiro atoms. The minimum atomic E-state index is -4.49. The standard InChI is InChI=1S/C21H18F2N4O3S/c22-14-7-16(13-3-1-12(10-24)2-4-13)20(18(23)8-14)31(29,30)27-15-9-17-19(26-11-15)5-6-25-21(17)28/h1-4,7-9,11,27H,5-6,10,24H2,(H,25,28). The van der Waals surface area contributed by atoms with Crippen LogP contribution in [0.3, 0.4) is 0 Å². The van der Waals surface area contributed by atoms with Crippen molar-refractivity contribution < 1.29 is 22.0 Å². The van der Waals surface area contributed by atoms with E-state index in [1.54, 1.807) is 24.3 Å². The Morgan fingerprint density at radius 3 is 2.55 bits per heavy atom. The number of rotatable bonds is 5. The molecule has 1 aromatic heterocycles. The molecule has 2 aromatic carbocycles. The van der Waals surface area contributed by atoms with Crippen molar-refractivity contribution in [2.75, 3.05) is 11.3 Å². The molecule has 0 atom stereocenters. The Kier molecular flexibility index (Phi) is 5.42. The summed E-state index contributed by atoms with van der Waals surface area (Å²) in [5, 5.41) is 2.65. The number of aromatic nitrogens is 1. The molecule has 160 valence electrons. The van der Waals surface area contributed by atoms with Gasteiger partial charge in [-0.1, -0.05) is 24.3 Å². The molecule has 2 heterocycles. The highest BCUT2D eigenvalue weighted by Crippen LogP contribution is 2.32. The van der Waals surface area contributed by atoms with Crippen LogP contribution in [0.4, 0.5) is 14.5 Å². The molecule has 1 aliphatic rings. The summed E-state index contributed by atoms with van der Waals surface area (Å²) in [4.78, 5) is 15.4. The largest absolute Gasteiger partial charge is 0.352 e. The Balaban J connectivity index is 1.78. The fourth-order valence-electron chi connectivity index (χ4n) is 3.41. The predicted molar refractivity (Wildman–Crippen MR) is 111 cm³/mol. The summed E-state index contributed by atoms with van der Waals surface area (Å²) in [6, 6.07) is 9.17. The number of sulfonamides is 1. The lowest BCUT2D eigenvalue weighted by atomic mass is 10.0. The van der Waals surface area contributed by atoms with Crippen LogP contribution in [0.25, 0.3) is 11.1 Å². The lowest BCUT2D eigenvalue weighted by Gasteiger charge is -2.17. The molecule has 31 heavy (non-hydrogen) atoms. The molecule has 0 bridgehead atoms. The van der Waals surface area contributed by atoms with E-state index in [9.17, 15) is 22.0 Å². The maximum absolute atomic E-state index is 14.7. The molecule has 7 nitrogen and oxygen atoms in total. The van der Waals surface area contributed by atoms with Gasteiger partial charge in [0.05, 0.1) is 23.1 Å². The van der Waals surface area contributed by atoms with E-state index in [2.05, 4.69) is 15.0 Å². The number of nitrogens with two attached hydrogens (primary N) is 1. The number of carbonyl (C=O) groups is 1. The van der Waals surface area contributed by atoms with Gasteiger partial charge in [0.25, 0.3) is 15.9 Å². The highest BCUT2D eigenvalue weighted by Gasteiger charge is 2.27. The van der Waals surface area contributed by atoms with Gasteiger partial charge in [0, 0.05) is 31.1 Å². The van der Waals surface area contributed by atoms with Gasteiger partial charge in [-0.2, -0.15) is 0 Å². The van der Waals surface area contributed by atoms with Crippen LogP contribution in [0.15, 0.2) is 53.6 Å². The van der Waals surface area contributed by atoms with Crippen molar-refractivity contribution in [1.29, 1.82) is 0 Å². The fourth-order valence-corrected chi connectivity index (χ4v) is 4.71. The Hall–Kier alpha value is -3.37. The summed E-state index contributed by atoms with van der Waals surface area (Å²) in [6.45, 7) is 0.709. The number of nitrogens with zero attached hydrogens (tertiary/aromatic N) is 1. The van der Waals surface area contributed by atoms with E-state index in [-0.39, 0.29) is 29.3 Å². The van der Waals surface area contributed by atoms with Crippen LogP contribution in [-0.2, 0) is 23.0 Å². The molecule has 0 saturated heterocycles. The average Bonchev–Trinajstić information content (AvgIpc) is 2.73. The fraction of sp³-hybridized carbons (Fsp3) is 0.143. The number of fused-ring (bicyclic) bond motifs is 1. The molecule has 4 rings (SSSR count). The molecule has 0 fully saturated rings. The topological polar surface area (TPSA) is 114 Å². The molecule has 4 N–H and O–H groups in total. The Bertz CT molecular complexity index is 1280. The highest BCUT2D eigenvalue weighted by molar-refractivity contribution is 7.92. The number of halogens is 2. The highest BCUT2D eigenvalue weighted by atomic mass is 32.2. The van der Waals surface area contributed by atoms with Crippen LogP contribution >= 0.6 is 0 Å². The number of amides is 1. The first-order chi connectivity index (χ1) is 14.8. The number of pyridine rings is 1. The number of hydrogen-bond donors (Lipinski definition) is 3. The van der Waals surface area contributed by atoms with Crippen molar-refractivity contribution in [3.8, 4) is 11.1 Å². The molecule has 10 heteroatoms. The summed E-state index contributed by atoms with van der Waals surface area (Å²) in [5.74, 6) is -2.53. The van der Waals surface area contributed by atoms with Crippen molar-refractivity contribution >= 4 is 21.6 Å². The summed E-state index contributed by atoms with van der Waals surface area (Å²) in [6.07, 6.45) is 1.77. The van der Waals surface area contributed by atoms with Crippen LogP contribution in [0.1, 0.15) is 21.6 Å². The second-order valence-electron chi connectivity index (χ2n) is 6.99. The smallest absolute Gasteiger partial charge is 0.265 e. The first-order valence-corrected chi connectivity index (χ1v) is 10.8. The third-order valence-corrected chi connectivity index (χ3v) is 6.35. The Morgan fingerprint density at radius 2 is 1.84 bits per heavy atom. The van der Waals surface area contributed by atoms with Gasteiger partial charge < -0.3 is 11.1 Å². The van der Waals surface area contributed by atoms with Crippen molar-refractivity contribution in [2.45, 2.75) is 17.9 Å². The molecule has 0 aliphatic carbocycles. The molecule has 3 aromatic rings. The lowest BCUT2D eigenvalue weighted by molar-refractivity contribution is 0.0945. The number of anilines is 1. The first-order valence-electron chi connectivity index (χ1n) is 9.37. The second-order valence-corrected chi connectivity index (χ2v) is 8.61. The van der Waals surface area contributed by atoms with Gasteiger partial charge in [0.2, 0.25) is 0 Å². The van der Waals surface area contributed by atoms with Crippen LogP contribution in [0, 0.1) is 11.6 Å². The molecule has 1 amide bonds. The van der Waals surface area contributed by atoms with Crippen molar-refractivity contribution in [3.63, 3.8) is 0 Å². The summed E-state index contributed by atoms with van der Waals surface area (Å²) < 4.78 is 57.1. The maximum Gasteiger partial charge on any atom is 0.265 e. The lowest BCUT2D eigenvalue weighted by Crippen LogP contribution is -2.32. The molecule has 0 radical (unpaired) electrons. The normalized spacial score (nSPS) is 13.5. The van der Waals surface area contributed by atoms with E-state index in [1.807, 2.05) is 0 Å². The average molecular weight is 444 g/mol. The van der Waals surface area contributed by atoms with Crippen LogP contribution in [0.2, 0.25) is 0 Å². The summed E-state index contributed by atoms with van der Waals surface area (Å²) >= 11 is 0. The van der Waals surface area contributed by atoms with Crippen molar-refractivity contribution in [3.05, 3.63) is 77.1 Å². The van der Waals surface area contributed by atoms with Crippen LogP contribution in [-0.4, -0.2) is 25.9 Å². The summed E-state index contributed by atoms with van der Waals surface area (Å²) in [7, 11) is -4.49. The van der Waals surface area contributed by atoms with E-state index in [4.69, 9.17) is 5.73 Å². The Morgan fingerprint density at radius 1 is 1.10 bits per heavy atom. The van der Waals surface area contributed by atoms with Gasteiger partial charge >= 0.3 is 0 Å².